The summed E-state index contributed by atoms with van der Waals surface area (Å²) >= 11 is 7.10. The molecule has 4 rings (SSSR count). The van der Waals surface area contributed by atoms with Gasteiger partial charge in [-0.15, -0.1) is 11.3 Å². The number of aromatic hydroxyl groups is 1. The molecule has 0 aliphatic rings. The Morgan fingerprint density at radius 2 is 1.91 bits per heavy atom. The molecular formula is C24H19I2N3O4S2. The zero-order valence-electron chi connectivity index (χ0n) is 18.5. The minimum absolute atomic E-state index is 0.163. The number of aliphatic imine (C=N–C) groups is 1. The number of benzene rings is 3. The first-order valence-electron chi connectivity index (χ1n) is 10.1. The standard InChI is InChI=1S/C24H19I2N3O4S2/c1-32-15-4-6-20(33-2)19(10-15)28-22(30)12-34-24-29-18-5-3-14(9-21(18)35-24)27-11-13-7-16(25)23(31)17(26)8-13/h3-11,31H,12H2,1-2H3,(H,28,30). The van der Waals surface area contributed by atoms with Crippen molar-refractivity contribution < 1.29 is 19.4 Å². The van der Waals surface area contributed by atoms with Gasteiger partial charge in [-0.2, -0.15) is 0 Å². The van der Waals surface area contributed by atoms with Crippen molar-refractivity contribution >= 4 is 102 Å². The maximum Gasteiger partial charge on any atom is 0.234 e. The fourth-order valence-electron chi connectivity index (χ4n) is 3.07. The molecule has 11 heteroatoms. The van der Waals surface area contributed by atoms with E-state index in [1.54, 1.807) is 38.6 Å². The van der Waals surface area contributed by atoms with Crippen LogP contribution in [-0.4, -0.2) is 42.2 Å². The number of methoxy groups -OCH3 is 2. The Hall–Kier alpha value is -2.10. The fraction of sp³-hybridized carbons (Fsp3) is 0.125. The van der Waals surface area contributed by atoms with Crippen LogP contribution in [0.3, 0.4) is 0 Å². The average molecular weight is 731 g/mol. The third-order valence-corrected chi connectivity index (χ3v) is 8.57. The number of phenols is 1. The number of thioether (sulfide) groups is 1. The van der Waals surface area contributed by atoms with Crippen LogP contribution in [-0.2, 0) is 4.79 Å². The normalized spacial score (nSPS) is 11.2. The molecule has 0 fully saturated rings. The fourth-order valence-corrected chi connectivity index (χ4v) is 6.79. The number of halogens is 2. The van der Waals surface area contributed by atoms with Crippen LogP contribution in [0.5, 0.6) is 17.2 Å². The first-order valence-corrected chi connectivity index (χ1v) is 14.1. The van der Waals surface area contributed by atoms with E-state index in [1.165, 1.54) is 23.1 Å². The van der Waals surface area contributed by atoms with Gasteiger partial charge in [-0.25, -0.2) is 4.98 Å². The van der Waals surface area contributed by atoms with Crippen LogP contribution in [0.15, 0.2) is 57.9 Å². The van der Waals surface area contributed by atoms with Gasteiger partial charge in [-0.05, 0) is 93.2 Å². The first kappa shape index (κ1) is 26.0. The van der Waals surface area contributed by atoms with E-state index in [9.17, 15) is 9.90 Å². The van der Waals surface area contributed by atoms with E-state index < -0.39 is 0 Å². The quantitative estimate of drug-likeness (QED) is 0.119. The van der Waals surface area contributed by atoms with E-state index in [-0.39, 0.29) is 17.4 Å². The largest absolute Gasteiger partial charge is 0.506 e. The lowest BCUT2D eigenvalue weighted by Gasteiger charge is -2.11. The van der Waals surface area contributed by atoms with Crippen molar-refractivity contribution in [2.75, 3.05) is 25.3 Å². The van der Waals surface area contributed by atoms with Gasteiger partial charge in [0.1, 0.15) is 17.2 Å². The number of hydrogen-bond donors (Lipinski definition) is 2. The van der Waals surface area contributed by atoms with E-state index in [1.807, 2.05) is 30.3 Å². The second-order valence-electron chi connectivity index (χ2n) is 7.13. The Labute approximate surface area is 237 Å². The van der Waals surface area contributed by atoms with E-state index in [4.69, 9.17) is 9.47 Å². The van der Waals surface area contributed by atoms with Gasteiger partial charge in [0, 0.05) is 12.3 Å². The van der Waals surface area contributed by atoms with E-state index in [2.05, 4.69) is 60.5 Å². The van der Waals surface area contributed by atoms with Gasteiger partial charge in [0.2, 0.25) is 5.91 Å². The molecule has 0 saturated carbocycles. The van der Waals surface area contributed by atoms with Gasteiger partial charge in [0.05, 0.1) is 48.7 Å². The highest BCUT2D eigenvalue weighted by molar-refractivity contribution is 14.1. The molecule has 35 heavy (non-hydrogen) atoms. The zero-order valence-corrected chi connectivity index (χ0v) is 24.5. The molecule has 0 spiro atoms. The zero-order chi connectivity index (χ0) is 24.9. The van der Waals surface area contributed by atoms with Gasteiger partial charge in [-0.1, -0.05) is 11.8 Å². The van der Waals surface area contributed by atoms with Crippen molar-refractivity contribution in [2.45, 2.75) is 4.34 Å². The molecule has 0 aliphatic carbocycles. The summed E-state index contributed by atoms with van der Waals surface area (Å²) in [5, 5.41) is 12.8. The summed E-state index contributed by atoms with van der Waals surface area (Å²) < 4.78 is 13.9. The summed E-state index contributed by atoms with van der Waals surface area (Å²) in [5.74, 6) is 1.53. The third kappa shape index (κ3) is 6.57. The Bertz CT molecular complexity index is 1400. The van der Waals surface area contributed by atoms with Crippen molar-refractivity contribution in [1.29, 1.82) is 0 Å². The summed E-state index contributed by atoms with van der Waals surface area (Å²) in [5.41, 5.74) is 3.14. The van der Waals surface area contributed by atoms with Crippen molar-refractivity contribution in [3.63, 3.8) is 0 Å². The summed E-state index contributed by atoms with van der Waals surface area (Å²) in [6.07, 6.45) is 1.78. The number of nitrogens with zero attached hydrogens (tertiary/aromatic N) is 2. The summed E-state index contributed by atoms with van der Waals surface area (Å²) in [7, 11) is 3.12. The number of phenolic OH excluding ortho intramolecular Hbond substituents is 1. The molecule has 0 bridgehead atoms. The van der Waals surface area contributed by atoms with Crippen LogP contribution in [0.2, 0.25) is 0 Å². The van der Waals surface area contributed by atoms with E-state index in [0.717, 1.165) is 32.9 Å². The molecule has 3 aromatic carbocycles. The number of carbonyl (C=O) groups excluding carboxylic acids is 1. The number of nitrogens with one attached hydrogen (secondary N) is 1. The van der Waals surface area contributed by atoms with Crippen LogP contribution >= 0.6 is 68.3 Å². The van der Waals surface area contributed by atoms with Gasteiger partial charge in [0.15, 0.2) is 4.34 Å². The SMILES string of the molecule is COc1ccc(OC)c(NC(=O)CSc2nc3ccc(N=Cc4cc(I)c(O)c(I)c4)cc3s2)c1. The third-order valence-electron chi connectivity index (χ3n) is 4.76. The number of rotatable bonds is 8. The smallest absolute Gasteiger partial charge is 0.234 e. The highest BCUT2D eigenvalue weighted by Crippen LogP contribution is 2.33. The molecule has 0 unspecified atom stereocenters. The van der Waals surface area contributed by atoms with Crippen LogP contribution < -0.4 is 14.8 Å². The minimum atomic E-state index is -0.163. The number of ether oxygens (including phenoxy) is 2. The van der Waals surface area contributed by atoms with Gasteiger partial charge >= 0.3 is 0 Å². The lowest BCUT2D eigenvalue weighted by atomic mass is 10.2. The second kappa shape index (κ2) is 11.8. The molecule has 180 valence electrons. The van der Waals surface area contributed by atoms with Crippen molar-refractivity contribution in [1.82, 2.24) is 4.98 Å². The Kier molecular flexibility index (Phi) is 8.73. The number of aromatic nitrogens is 1. The molecule has 0 radical (unpaired) electrons. The summed E-state index contributed by atoms with van der Waals surface area (Å²) in [6.45, 7) is 0. The lowest BCUT2D eigenvalue weighted by Crippen LogP contribution is -2.14. The second-order valence-corrected chi connectivity index (χ2v) is 11.7. The summed E-state index contributed by atoms with van der Waals surface area (Å²) in [4.78, 5) is 21.7. The van der Waals surface area contributed by atoms with Crippen LogP contribution in [0.25, 0.3) is 10.2 Å². The lowest BCUT2D eigenvalue weighted by molar-refractivity contribution is -0.113. The summed E-state index contributed by atoms with van der Waals surface area (Å²) in [6, 6.07) is 14.8. The number of thiazole rings is 1. The van der Waals surface area contributed by atoms with Gasteiger partial charge in [-0.3, -0.25) is 9.79 Å². The van der Waals surface area contributed by atoms with Gasteiger partial charge < -0.3 is 19.9 Å². The number of carbonyl (C=O) groups is 1. The molecule has 1 heterocycles. The highest BCUT2D eigenvalue weighted by Gasteiger charge is 2.12. The molecule has 0 atom stereocenters. The van der Waals surface area contributed by atoms with Crippen molar-refractivity contribution in [3.8, 4) is 17.2 Å². The molecule has 0 aliphatic heterocycles. The minimum Gasteiger partial charge on any atom is -0.506 e. The Morgan fingerprint density at radius 1 is 1.14 bits per heavy atom. The first-order chi connectivity index (χ1) is 16.9. The molecule has 4 aromatic rings. The van der Waals surface area contributed by atoms with Crippen molar-refractivity contribution in [2.24, 2.45) is 4.99 Å². The highest BCUT2D eigenvalue weighted by atomic mass is 127. The molecule has 7 nitrogen and oxygen atoms in total. The van der Waals surface area contributed by atoms with Crippen LogP contribution in [0.1, 0.15) is 5.56 Å². The maximum absolute atomic E-state index is 12.5. The van der Waals surface area contributed by atoms with E-state index >= 15 is 0 Å². The predicted octanol–water partition coefficient (Wildman–Crippen LogP) is 6.71. The maximum atomic E-state index is 12.5. The van der Waals surface area contributed by atoms with Crippen LogP contribution in [0.4, 0.5) is 11.4 Å². The van der Waals surface area contributed by atoms with Crippen molar-refractivity contribution in [3.05, 3.63) is 61.2 Å². The number of anilines is 1. The molecular weight excluding hydrogens is 712 g/mol. The molecule has 2 N–H and O–H groups in total. The monoisotopic (exact) mass is 731 g/mol. The Morgan fingerprint density at radius 3 is 2.63 bits per heavy atom. The molecule has 1 aromatic heterocycles. The predicted molar refractivity (Wildman–Crippen MR) is 159 cm³/mol. The molecule has 1 amide bonds. The van der Waals surface area contributed by atoms with E-state index in [0.29, 0.717) is 17.2 Å². The Balaban J connectivity index is 1.42. The number of amides is 1. The average Bonchev–Trinajstić information content (AvgIpc) is 3.27. The van der Waals surface area contributed by atoms with Gasteiger partial charge in [0.25, 0.3) is 0 Å². The molecule has 0 saturated heterocycles. The van der Waals surface area contributed by atoms with Crippen LogP contribution in [0, 0.1) is 7.14 Å². The number of fused-ring (bicyclic) bond motifs is 1. The number of hydrogen-bond acceptors (Lipinski definition) is 8. The topological polar surface area (TPSA) is 93.0 Å².